The van der Waals surface area contributed by atoms with Crippen molar-refractivity contribution in [1.82, 2.24) is 28.9 Å². The van der Waals surface area contributed by atoms with Gasteiger partial charge in [0.1, 0.15) is 20.8 Å². The first kappa shape index (κ1) is 34.3. The molecule has 3 aliphatic heterocycles. The maximum absolute atomic E-state index is 13.5. The van der Waals surface area contributed by atoms with Crippen LogP contribution >= 0.6 is 22.9 Å². The Morgan fingerprint density at radius 2 is 1.87 bits per heavy atom. The zero-order valence-electron chi connectivity index (χ0n) is 26.5. The van der Waals surface area contributed by atoms with E-state index in [-0.39, 0.29) is 39.4 Å². The zero-order valence-corrected chi connectivity index (χ0v) is 29.7. The summed E-state index contributed by atoms with van der Waals surface area (Å²) < 4.78 is 63.1. The van der Waals surface area contributed by atoms with Crippen LogP contribution in [-0.2, 0) is 29.6 Å². The average molecular weight is 727 g/mol. The van der Waals surface area contributed by atoms with E-state index < -0.39 is 32.0 Å². The predicted molar refractivity (Wildman–Crippen MR) is 177 cm³/mol. The number of piperidine rings is 1. The lowest BCUT2D eigenvalue weighted by molar-refractivity contribution is -0.143. The van der Waals surface area contributed by atoms with Gasteiger partial charge in [-0.15, -0.1) is 11.3 Å². The number of sulfonamides is 2. The lowest BCUT2D eigenvalue weighted by Gasteiger charge is -2.35. The Balaban J connectivity index is 1.05. The van der Waals surface area contributed by atoms with Crippen LogP contribution in [0, 0.1) is 13.8 Å². The van der Waals surface area contributed by atoms with Crippen LogP contribution in [0.4, 0.5) is 0 Å². The Morgan fingerprint density at radius 1 is 1.11 bits per heavy atom. The first-order valence-corrected chi connectivity index (χ1v) is 19.8. The number of aromatic nitrogens is 1. The number of hydrogen-bond donors (Lipinski definition) is 1. The fourth-order valence-corrected chi connectivity index (χ4v) is 11.4. The van der Waals surface area contributed by atoms with E-state index in [4.69, 9.17) is 16.1 Å². The van der Waals surface area contributed by atoms with Gasteiger partial charge in [-0.1, -0.05) is 16.8 Å². The van der Waals surface area contributed by atoms with Crippen LogP contribution in [0.5, 0.6) is 0 Å². The summed E-state index contributed by atoms with van der Waals surface area (Å²) in [6.07, 6.45) is 3.23. The number of benzene rings is 1. The van der Waals surface area contributed by atoms with Crippen LogP contribution < -0.4 is 4.72 Å². The molecule has 3 aromatic rings. The van der Waals surface area contributed by atoms with E-state index in [0.717, 1.165) is 28.9 Å². The SMILES string of the molecule is Cc1noc(C)c1S(=O)(=O)N(C)C1CCN(C[C@@H]2CCCN2C(=O)CN2CCC[C@H](NS(=O)(=O)c3cc4cc(Cl)ccc4s3)C2=O)C1. The van der Waals surface area contributed by atoms with Gasteiger partial charge in [-0.2, -0.15) is 9.03 Å². The van der Waals surface area contributed by atoms with Crippen molar-refractivity contribution in [1.29, 1.82) is 0 Å². The molecule has 0 spiro atoms. The molecule has 0 aliphatic carbocycles. The molecule has 2 aromatic heterocycles. The molecule has 6 rings (SSSR count). The fraction of sp³-hybridized carbons (Fsp3) is 0.567. The molecule has 256 valence electrons. The maximum atomic E-state index is 13.5. The summed E-state index contributed by atoms with van der Waals surface area (Å²) in [5.74, 6) is -0.306. The van der Waals surface area contributed by atoms with E-state index >= 15 is 0 Å². The summed E-state index contributed by atoms with van der Waals surface area (Å²) in [6, 6.07) is 5.48. The molecule has 47 heavy (non-hydrogen) atoms. The Labute approximate surface area is 283 Å². The lowest BCUT2D eigenvalue weighted by Crippen LogP contribution is -2.55. The van der Waals surface area contributed by atoms with Crippen molar-refractivity contribution in [2.45, 2.75) is 73.2 Å². The number of fused-ring (bicyclic) bond motifs is 1. The number of hydrogen-bond acceptors (Lipinski definition) is 10. The van der Waals surface area contributed by atoms with E-state index in [1.54, 1.807) is 45.2 Å². The summed E-state index contributed by atoms with van der Waals surface area (Å²) >= 11 is 7.17. The number of rotatable bonds is 10. The number of likely N-dealkylation sites (N-methyl/N-ethyl adjacent to an activating group) is 1. The monoisotopic (exact) mass is 726 g/mol. The maximum Gasteiger partial charge on any atom is 0.250 e. The number of halogens is 1. The highest BCUT2D eigenvalue weighted by atomic mass is 35.5. The van der Waals surface area contributed by atoms with Gasteiger partial charge in [0.05, 0.1) is 6.54 Å². The molecular weight excluding hydrogens is 688 g/mol. The number of likely N-dealkylation sites (tertiary alicyclic amines) is 3. The first-order valence-electron chi connectivity index (χ1n) is 15.7. The number of nitrogens with one attached hydrogen (secondary N) is 1. The first-order chi connectivity index (χ1) is 22.2. The molecule has 3 atom stereocenters. The zero-order chi connectivity index (χ0) is 33.7. The largest absolute Gasteiger partial charge is 0.360 e. The molecule has 3 saturated heterocycles. The van der Waals surface area contributed by atoms with Crippen LogP contribution in [0.3, 0.4) is 0 Å². The summed E-state index contributed by atoms with van der Waals surface area (Å²) in [6.45, 7) is 5.89. The molecule has 1 unspecified atom stereocenters. The molecule has 1 aromatic carbocycles. The van der Waals surface area contributed by atoms with E-state index in [1.165, 1.54) is 9.21 Å². The van der Waals surface area contributed by atoms with Gasteiger partial charge in [-0.3, -0.25) is 14.5 Å². The minimum Gasteiger partial charge on any atom is -0.360 e. The highest BCUT2D eigenvalue weighted by Gasteiger charge is 2.40. The van der Waals surface area contributed by atoms with E-state index in [0.29, 0.717) is 68.1 Å². The summed E-state index contributed by atoms with van der Waals surface area (Å²) in [5, 5.41) is 5.02. The molecule has 1 N–H and O–H groups in total. The standard InChI is InChI=1S/C30H39ClN6O7S3/c1-19-29(20(2)44-32-19)47(42,43)34(3)23-10-13-35(16-23)17-24-6-4-12-37(24)27(38)18-36-11-5-7-25(30(36)39)33-46(40,41)28-15-21-14-22(31)8-9-26(21)45-28/h8-9,14-15,23-25,33H,4-7,10-13,16-18H2,1-3H3/t23?,24-,25-/m0/s1. The third-order valence-corrected chi connectivity index (χ3v) is 14.9. The molecule has 2 amide bonds. The van der Waals surface area contributed by atoms with Crippen molar-refractivity contribution < 1.29 is 30.9 Å². The van der Waals surface area contributed by atoms with E-state index in [1.807, 2.05) is 4.90 Å². The van der Waals surface area contributed by atoms with Crippen molar-refractivity contribution in [2.24, 2.45) is 0 Å². The van der Waals surface area contributed by atoms with Crippen molar-refractivity contribution in [3.05, 3.63) is 40.7 Å². The van der Waals surface area contributed by atoms with Gasteiger partial charge in [0.2, 0.25) is 21.8 Å². The predicted octanol–water partition coefficient (Wildman–Crippen LogP) is 2.81. The molecule has 3 fully saturated rings. The second-order valence-electron chi connectivity index (χ2n) is 12.6. The third-order valence-electron chi connectivity index (χ3n) is 9.41. The normalized spacial score (nSPS) is 23.1. The van der Waals surface area contributed by atoms with Crippen LogP contribution in [0.15, 0.2) is 37.9 Å². The molecule has 5 heterocycles. The molecule has 0 radical (unpaired) electrons. The quantitative estimate of drug-likeness (QED) is 0.332. The Morgan fingerprint density at radius 3 is 2.62 bits per heavy atom. The number of carbonyl (C=O) groups excluding carboxylic acids is 2. The number of thiophene rings is 1. The Hall–Kier alpha value is -2.60. The summed E-state index contributed by atoms with van der Waals surface area (Å²) in [7, 11) is -6.16. The molecule has 0 saturated carbocycles. The van der Waals surface area contributed by atoms with Crippen molar-refractivity contribution in [3.8, 4) is 0 Å². The van der Waals surface area contributed by atoms with Crippen molar-refractivity contribution in [3.63, 3.8) is 0 Å². The second kappa shape index (κ2) is 13.4. The Kier molecular flexibility index (Phi) is 9.75. The second-order valence-corrected chi connectivity index (χ2v) is 18.0. The van der Waals surface area contributed by atoms with Gasteiger partial charge in [0.15, 0.2) is 5.76 Å². The highest BCUT2D eigenvalue weighted by Crippen LogP contribution is 2.32. The van der Waals surface area contributed by atoms with Crippen LogP contribution in [0.25, 0.3) is 10.1 Å². The molecule has 17 heteroatoms. The number of carbonyl (C=O) groups is 2. The van der Waals surface area contributed by atoms with Crippen LogP contribution in [-0.4, -0.2) is 117 Å². The smallest absolute Gasteiger partial charge is 0.250 e. The Bertz CT molecular complexity index is 1880. The minimum absolute atomic E-state index is 0.0543. The average Bonchev–Trinajstić information content (AvgIpc) is 3.82. The molecule has 0 bridgehead atoms. The highest BCUT2D eigenvalue weighted by molar-refractivity contribution is 7.91. The number of nitrogens with zero attached hydrogens (tertiary/aromatic N) is 5. The van der Waals surface area contributed by atoms with Crippen molar-refractivity contribution >= 4 is 64.9 Å². The lowest BCUT2D eigenvalue weighted by atomic mass is 10.1. The third kappa shape index (κ3) is 6.96. The molecule has 3 aliphatic rings. The fourth-order valence-electron chi connectivity index (χ4n) is 6.94. The molecular formula is C30H39ClN6O7S3. The van der Waals surface area contributed by atoms with Gasteiger partial charge in [-0.05, 0) is 82.1 Å². The van der Waals surface area contributed by atoms with E-state index in [9.17, 15) is 26.4 Å². The van der Waals surface area contributed by atoms with Crippen LogP contribution in [0.1, 0.15) is 43.6 Å². The van der Waals surface area contributed by atoms with Crippen LogP contribution in [0.2, 0.25) is 5.02 Å². The van der Waals surface area contributed by atoms with Crippen molar-refractivity contribution in [2.75, 3.05) is 46.3 Å². The number of aryl methyl sites for hydroxylation is 2. The minimum atomic E-state index is -3.97. The van der Waals surface area contributed by atoms with E-state index in [2.05, 4.69) is 14.8 Å². The van der Waals surface area contributed by atoms with Gasteiger partial charge < -0.3 is 14.3 Å². The summed E-state index contributed by atoms with van der Waals surface area (Å²) in [4.78, 5) is 32.5. The van der Waals surface area contributed by atoms with Gasteiger partial charge in [-0.25, -0.2) is 16.8 Å². The van der Waals surface area contributed by atoms with Gasteiger partial charge >= 0.3 is 0 Å². The van der Waals surface area contributed by atoms with Gasteiger partial charge in [0, 0.05) is 55.0 Å². The topological polar surface area (TPSA) is 153 Å². The number of amides is 2. The van der Waals surface area contributed by atoms with Gasteiger partial charge in [0.25, 0.3) is 10.0 Å². The molecule has 13 nitrogen and oxygen atoms in total. The summed E-state index contributed by atoms with van der Waals surface area (Å²) in [5.41, 5.74) is 0.335.